The van der Waals surface area contributed by atoms with Crippen molar-refractivity contribution in [3.05, 3.63) is 12.0 Å². The van der Waals surface area contributed by atoms with Crippen LogP contribution < -0.4 is 5.11 Å². The summed E-state index contributed by atoms with van der Waals surface area (Å²) in [7, 11) is 0. The van der Waals surface area contributed by atoms with Crippen LogP contribution in [0.4, 0.5) is 0 Å². The molecule has 0 fully saturated rings. The molecule has 0 atom stereocenters. The number of rotatable bonds is 1. The van der Waals surface area contributed by atoms with Crippen LogP contribution in [0.25, 0.3) is 0 Å². The minimum absolute atomic E-state index is 0.606. The minimum Gasteiger partial charge on any atom is -0.629 e. The van der Waals surface area contributed by atoms with Gasteiger partial charge in [0.05, 0.1) is 0 Å². The molecule has 36 valence electrons. The van der Waals surface area contributed by atoms with Crippen molar-refractivity contribution < 1.29 is 10.2 Å². The second-order valence-electron chi connectivity index (χ2n) is 0.951. The molecule has 0 aliphatic rings. The highest BCUT2D eigenvalue weighted by molar-refractivity contribution is 4.74. The number of aliphatic hydroxyl groups is 1. The van der Waals surface area contributed by atoms with Gasteiger partial charge in [-0.15, -0.1) is 0 Å². The highest BCUT2D eigenvalue weighted by Gasteiger charge is 1.62. The van der Waals surface area contributed by atoms with Gasteiger partial charge in [-0.2, -0.15) is 0 Å². The van der Waals surface area contributed by atoms with Crippen LogP contribution in [0.5, 0.6) is 0 Å². The van der Waals surface area contributed by atoms with E-state index in [2.05, 4.69) is 0 Å². The van der Waals surface area contributed by atoms with E-state index in [1.807, 2.05) is 0 Å². The van der Waals surface area contributed by atoms with Crippen LogP contribution in [0, 0.1) is 0 Å². The van der Waals surface area contributed by atoms with Gasteiger partial charge in [0.15, 0.2) is 0 Å². The highest BCUT2D eigenvalue weighted by atomic mass is 16.5. The smallest absolute Gasteiger partial charge is 0.0441 e. The molecule has 2 heteroatoms. The molecule has 0 unspecified atom stereocenters. The van der Waals surface area contributed by atoms with E-state index < -0.39 is 5.95 Å². The van der Waals surface area contributed by atoms with E-state index in [0.717, 1.165) is 0 Å². The minimum atomic E-state index is -0.836. The Labute approximate surface area is 36.7 Å². The van der Waals surface area contributed by atoms with Crippen molar-refractivity contribution in [1.29, 1.82) is 0 Å². The van der Waals surface area contributed by atoms with Crippen molar-refractivity contribution in [2.75, 3.05) is 0 Å². The normalized spacial score (nSPS) is 11.8. The molecule has 0 saturated carbocycles. The third-order valence-electron chi connectivity index (χ3n) is 0.379. The predicted molar refractivity (Wildman–Crippen MR) is 21.0 cm³/mol. The zero-order valence-electron chi connectivity index (χ0n) is 3.64. The number of allylic oxidation sites excluding steroid dienone is 1. The summed E-state index contributed by atoms with van der Waals surface area (Å²) in [6.45, 7) is 1.79. The maximum absolute atomic E-state index is 9.54. The second kappa shape index (κ2) is 2.57. The zero-order valence-corrected chi connectivity index (χ0v) is 3.64. The standard InChI is InChI=1S/C4H8O2/c1-2-3-4(5)6/h3,5-6H,2H2,1H3/p-1. The first-order chi connectivity index (χ1) is 2.77. The molecule has 0 bridgehead atoms. The van der Waals surface area contributed by atoms with E-state index in [-0.39, 0.29) is 0 Å². The first-order valence-corrected chi connectivity index (χ1v) is 1.83. The fourth-order valence-corrected chi connectivity index (χ4v) is 0.175. The molecular formula is C4H7O2-. The largest absolute Gasteiger partial charge is 0.629 e. The molecular weight excluding hydrogens is 80.0 g/mol. The molecule has 0 aromatic rings. The molecule has 1 N–H and O–H groups in total. The van der Waals surface area contributed by atoms with E-state index in [0.29, 0.717) is 6.42 Å². The van der Waals surface area contributed by atoms with Crippen molar-refractivity contribution in [2.45, 2.75) is 13.3 Å². The highest BCUT2D eigenvalue weighted by Crippen LogP contribution is 1.77. The summed E-state index contributed by atoms with van der Waals surface area (Å²) >= 11 is 0. The Hall–Kier alpha value is -0.660. The molecule has 0 aliphatic heterocycles. The van der Waals surface area contributed by atoms with Gasteiger partial charge in [0.2, 0.25) is 0 Å². The van der Waals surface area contributed by atoms with Gasteiger partial charge in [-0.05, 0) is 6.42 Å². The average molecular weight is 87.1 g/mol. The number of aliphatic hydroxyl groups excluding tert-OH is 1. The van der Waals surface area contributed by atoms with Gasteiger partial charge in [-0.3, -0.25) is 0 Å². The Morgan fingerprint density at radius 1 is 2.00 bits per heavy atom. The summed E-state index contributed by atoms with van der Waals surface area (Å²) in [5.74, 6) is -0.836. The fraction of sp³-hybridized carbons (Fsp3) is 0.500. The van der Waals surface area contributed by atoms with E-state index >= 15 is 0 Å². The molecule has 0 amide bonds. The second-order valence-corrected chi connectivity index (χ2v) is 0.951. The topological polar surface area (TPSA) is 43.3 Å². The maximum Gasteiger partial charge on any atom is 0.0441 e. The Morgan fingerprint density at radius 2 is 2.50 bits per heavy atom. The van der Waals surface area contributed by atoms with Crippen molar-refractivity contribution in [3.8, 4) is 0 Å². The Morgan fingerprint density at radius 3 is 2.50 bits per heavy atom. The molecule has 0 saturated heterocycles. The summed E-state index contributed by atoms with van der Waals surface area (Å²) in [4.78, 5) is 0. The van der Waals surface area contributed by atoms with Gasteiger partial charge in [-0.25, -0.2) is 0 Å². The lowest BCUT2D eigenvalue weighted by molar-refractivity contribution is -0.348. The lowest BCUT2D eigenvalue weighted by atomic mass is 10.5. The van der Waals surface area contributed by atoms with Crippen molar-refractivity contribution >= 4 is 0 Å². The molecule has 0 aliphatic carbocycles. The first-order valence-electron chi connectivity index (χ1n) is 1.83. The SMILES string of the molecule is CCC=C([O-])O. The van der Waals surface area contributed by atoms with Gasteiger partial charge >= 0.3 is 0 Å². The molecule has 0 heterocycles. The Kier molecular flexibility index (Phi) is 2.29. The van der Waals surface area contributed by atoms with E-state index in [4.69, 9.17) is 5.11 Å². The van der Waals surface area contributed by atoms with Gasteiger partial charge in [0, 0.05) is 5.95 Å². The van der Waals surface area contributed by atoms with Crippen LogP contribution in [-0.2, 0) is 0 Å². The average Bonchev–Trinajstić information content (AvgIpc) is 1.35. The van der Waals surface area contributed by atoms with Gasteiger partial charge < -0.3 is 10.2 Å². The number of hydrogen-bond acceptors (Lipinski definition) is 2. The summed E-state index contributed by atoms with van der Waals surface area (Å²) in [6.07, 6.45) is 1.81. The predicted octanol–water partition coefficient (Wildman–Crippen LogP) is 0.156. The van der Waals surface area contributed by atoms with E-state index in [1.54, 1.807) is 6.92 Å². The van der Waals surface area contributed by atoms with Gasteiger partial charge in [0.25, 0.3) is 0 Å². The molecule has 6 heavy (non-hydrogen) atoms. The van der Waals surface area contributed by atoms with Crippen molar-refractivity contribution in [2.24, 2.45) is 0 Å². The van der Waals surface area contributed by atoms with Crippen molar-refractivity contribution in [1.82, 2.24) is 0 Å². The Bertz CT molecular complexity index is 52.6. The van der Waals surface area contributed by atoms with Crippen LogP contribution in [0.1, 0.15) is 13.3 Å². The maximum atomic E-state index is 9.54. The zero-order chi connectivity index (χ0) is 4.99. The molecule has 0 rings (SSSR count). The van der Waals surface area contributed by atoms with Crippen LogP contribution in [0.3, 0.4) is 0 Å². The van der Waals surface area contributed by atoms with E-state index in [9.17, 15) is 5.11 Å². The first kappa shape index (κ1) is 5.34. The monoisotopic (exact) mass is 87.0 g/mol. The lowest BCUT2D eigenvalue weighted by Crippen LogP contribution is -1.99. The summed E-state index contributed by atoms with van der Waals surface area (Å²) in [6, 6.07) is 0. The quantitative estimate of drug-likeness (QED) is 0.463. The third-order valence-corrected chi connectivity index (χ3v) is 0.379. The van der Waals surface area contributed by atoms with Gasteiger partial charge in [0.1, 0.15) is 0 Å². The Balaban J connectivity index is 3.14. The molecule has 0 aromatic heterocycles. The molecule has 0 radical (unpaired) electrons. The molecule has 0 aromatic carbocycles. The van der Waals surface area contributed by atoms with Crippen LogP contribution in [0.2, 0.25) is 0 Å². The summed E-state index contributed by atoms with van der Waals surface area (Å²) < 4.78 is 0. The van der Waals surface area contributed by atoms with E-state index in [1.165, 1.54) is 6.08 Å². The van der Waals surface area contributed by atoms with Crippen LogP contribution in [0.15, 0.2) is 12.0 Å². The van der Waals surface area contributed by atoms with Crippen LogP contribution >= 0.6 is 0 Å². The van der Waals surface area contributed by atoms with Crippen molar-refractivity contribution in [3.63, 3.8) is 0 Å². The molecule has 2 nitrogen and oxygen atoms in total. The van der Waals surface area contributed by atoms with Gasteiger partial charge in [-0.1, -0.05) is 13.0 Å². The van der Waals surface area contributed by atoms with Crippen LogP contribution in [-0.4, -0.2) is 5.11 Å². The summed E-state index contributed by atoms with van der Waals surface area (Å²) in [5.41, 5.74) is 0. The lowest BCUT2D eigenvalue weighted by Gasteiger charge is -1.91. The third kappa shape index (κ3) is 3.34. The fourth-order valence-electron chi connectivity index (χ4n) is 0.175. The summed E-state index contributed by atoms with van der Waals surface area (Å²) in [5, 5.41) is 17.4. The number of hydrogen-bond donors (Lipinski definition) is 1. The molecule has 0 spiro atoms.